The molecule has 0 aliphatic carbocycles. The molecule has 2 aromatic carbocycles. The van der Waals surface area contributed by atoms with Gasteiger partial charge in [-0.05, 0) is 0 Å². The Labute approximate surface area is 108 Å². The van der Waals surface area contributed by atoms with Crippen LogP contribution in [0, 0.1) is 13.8 Å². The third-order valence-corrected chi connectivity index (χ3v) is 1.28. The molecule has 0 nitrogen and oxygen atoms in total. The summed E-state index contributed by atoms with van der Waals surface area (Å²) < 4.78 is 0. The Morgan fingerprint density at radius 3 is 1.00 bits per heavy atom. The summed E-state index contributed by atoms with van der Waals surface area (Å²) in [7, 11) is 0. The van der Waals surface area contributed by atoms with Crippen LogP contribution in [0.2, 0.25) is 0 Å². The summed E-state index contributed by atoms with van der Waals surface area (Å²) in [6.45, 7) is 6.72. The number of hydrogen-bond acceptors (Lipinski definition) is 0. The molecule has 0 aromatic heterocycles. The van der Waals surface area contributed by atoms with Crippen molar-refractivity contribution < 1.29 is 21.7 Å². The van der Waals surface area contributed by atoms with E-state index in [2.05, 4.69) is 13.8 Å². The first kappa shape index (κ1) is 16.3. The molecule has 0 radical (unpaired) electrons. The maximum Gasteiger partial charge on any atom is 4.00 e. The van der Waals surface area contributed by atoms with E-state index in [1.54, 1.807) is 12.2 Å². The van der Waals surface area contributed by atoms with Crippen LogP contribution in [-0.2, 0) is 21.7 Å². The minimum absolute atomic E-state index is 0. The van der Waals surface area contributed by atoms with Crippen LogP contribution in [0.25, 0.3) is 0 Å². The Morgan fingerprint density at radius 2 is 0.933 bits per heavy atom. The van der Waals surface area contributed by atoms with Gasteiger partial charge in [0, 0.05) is 0 Å². The molecule has 76 valence electrons. The predicted molar refractivity (Wildman–Crippen MR) is 63.9 cm³/mol. The number of allylic oxidation sites excluding steroid dienone is 2. The normalized spacial score (nSPS) is 7.73. The maximum absolute atomic E-state index is 3.36. The third-order valence-electron chi connectivity index (χ3n) is 1.28. The second-order valence-electron chi connectivity index (χ2n) is 2.40. The SMILES string of the molecule is [CH2-]/C=C\[CH2-].[Ti+4].c1cc[cH-]c1.c1cc[cH-]c1. The molecule has 0 amide bonds. The van der Waals surface area contributed by atoms with Gasteiger partial charge in [-0.15, -0.1) is 0 Å². The molecule has 0 aliphatic heterocycles. The molecule has 0 unspecified atom stereocenters. The fourth-order valence-electron chi connectivity index (χ4n) is 0.642. The van der Waals surface area contributed by atoms with E-state index in [-0.39, 0.29) is 21.7 Å². The second kappa shape index (κ2) is 15.4. The monoisotopic (exact) mass is 232 g/mol. The van der Waals surface area contributed by atoms with Gasteiger partial charge in [-0.2, -0.15) is 36.4 Å². The van der Waals surface area contributed by atoms with Crippen LogP contribution in [0.1, 0.15) is 0 Å². The van der Waals surface area contributed by atoms with Crippen molar-refractivity contribution in [2.75, 3.05) is 0 Å². The van der Waals surface area contributed by atoms with Crippen molar-refractivity contribution in [3.05, 3.63) is 86.7 Å². The van der Waals surface area contributed by atoms with E-state index in [9.17, 15) is 0 Å². The van der Waals surface area contributed by atoms with Crippen molar-refractivity contribution in [2.45, 2.75) is 0 Å². The Balaban J connectivity index is 0. The molecule has 0 bridgehead atoms. The first-order valence-corrected chi connectivity index (χ1v) is 4.48. The van der Waals surface area contributed by atoms with Crippen molar-refractivity contribution >= 4 is 0 Å². The van der Waals surface area contributed by atoms with Gasteiger partial charge in [0.25, 0.3) is 0 Å². The molecule has 0 aliphatic rings. The fourth-order valence-corrected chi connectivity index (χ4v) is 0.642. The molecule has 0 saturated heterocycles. The van der Waals surface area contributed by atoms with E-state index in [4.69, 9.17) is 0 Å². The zero-order valence-corrected chi connectivity index (χ0v) is 10.4. The molecule has 0 fully saturated rings. The van der Waals surface area contributed by atoms with Crippen LogP contribution in [0.15, 0.2) is 72.8 Å². The molecule has 0 spiro atoms. The predicted octanol–water partition coefficient (Wildman–Crippen LogP) is 4.02. The summed E-state index contributed by atoms with van der Waals surface area (Å²) in [6, 6.07) is 20.0. The summed E-state index contributed by atoms with van der Waals surface area (Å²) in [5.74, 6) is 0. The third kappa shape index (κ3) is 15.6. The summed E-state index contributed by atoms with van der Waals surface area (Å²) in [5, 5.41) is 0. The molecule has 2 rings (SSSR count). The van der Waals surface area contributed by atoms with Crippen molar-refractivity contribution in [3.8, 4) is 0 Å². The minimum Gasteiger partial charge on any atom is -0.382 e. The Kier molecular flexibility index (Phi) is 16.7. The Hall–Kier alpha value is -1.11. The molecule has 0 heterocycles. The van der Waals surface area contributed by atoms with Gasteiger partial charge in [0.15, 0.2) is 0 Å². The van der Waals surface area contributed by atoms with Crippen LogP contribution in [0.3, 0.4) is 0 Å². The Morgan fingerprint density at radius 1 is 0.667 bits per heavy atom. The zero-order chi connectivity index (χ0) is 10.5. The van der Waals surface area contributed by atoms with Gasteiger partial charge in [0.2, 0.25) is 0 Å². The van der Waals surface area contributed by atoms with Gasteiger partial charge in [-0.1, -0.05) is 0 Å². The van der Waals surface area contributed by atoms with Crippen molar-refractivity contribution in [2.24, 2.45) is 0 Å². The molecule has 15 heavy (non-hydrogen) atoms. The van der Waals surface area contributed by atoms with Gasteiger partial charge in [-0.25, -0.2) is 24.3 Å². The molecular formula is C14H16Ti. The summed E-state index contributed by atoms with van der Waals surface area (Å²) in [4.78, 5) is 0. The standard InChI is InChI=1S/2C5H5.C4H6.Ti/c2*1-2-4-5-3-1;1-3-4-2;/h2*1-5H;3-4H,1-2H2;/q2*-1;-2;+4/b;;4-3-;. The first-order valence-electron chi connectivity index (χ1n) is 4.48. The molecule has 1 heteroatoms. The smallest absolute Gasteiger partial charge is 0.382 e. The van der Waals surface area contributed by atoms with Crippen LogP contribution in [-0.4, -0.2) is 0 Å². The summed E-state index contributed by atoms with van der Waals surface area (Å²) in [5.41, 5.74) is 0. The first-order chi connectivity index (χ1) is 6.91. The van der Waals surface area contributed by atoms with Gasteiger partial charge in [-0.3, -0.25) is 0 Å². The minimum atomic E-state index is 0. The molecule has 0 saturated carbocycles. The summed E-state index contributed by atoms with van der Waals surface area (Å²) >= 11 is 0. The molecule has 2 aromatic rings. The topological polar surface area (TPSA) is 0 Å². The van der Waals surface area contributed by atoms with E-state index in [1.807, 2.05) is 60.7 Å². The average molecular weight is 232 g/mol. The maximum atomic E-state index is 3.36. The van der Waals surface area contributed by atoms with Gasteiger partial charge < -0.3 is 26.0 Å². The largest absolute Gasteiger partial charge is 4.00 e. The van der Waals surface area contributed by atoms with Crippen molar-refractivity contribution in [3.63, 3.8) is 0 Å². The Bertz CT molecular complexity index is 199. The zero-order valence-electron chi connectivity index (χ0n) is 8.84. The molecular weight excluding hydrogens is 216 g/mol. The van der Waals surface area contributed by atoms with Crippen LogP contribution >= 0.6 is 0 Å². The van der Waals surface area contributed by atoms with Crippen molar-refractivity contribution in [1.29, 1.82) is 0 Å². The van der Waals surface area contributed by atoms with E-state index in [1.165, 1.54) is 0 Å². The van der Waals surface area contributed by atoms with E-state index in [0.29, 0.717) is 0 Å². The summed E-state index contributed by atoms with van der Waals surface area (Å²) in [6.07, 6.45) is 3.28. The van der Waals surface area contributed by atoms with E-state index in [0.717, 1.165) is 0 Å². The van der Waals surface area contributed by atoms with E-state index >= 15 is 0 Å². The quantitative estimate of drug-likeness (QED) is 0.475. The fraction of sp³-hybridized carbons (Fsp3) is 0. The van der Waals surface area contributed by atoms with Crippen LogP contribution in [0.4, 0.5) is 0 Å². The van der Waals surface area contributed by atoms with Crippen LogP contribution in [0.5, 0.6) is 0 Å². The van der Waals surface area contributed by atoms with Crippen molar-refractivity contribution in [1.82, 2.24) is 0 Å². The van der Waals surface area contributed by atoms with Gasteiger partial charge in [0.1, 0.15) is 0 Å². The van der Waals surface area contributed by atoms with Gasteiger partial charge >= 0.3 is 21.7 Å². The van der Waals surface area contributed by atoms with E-state index < -0.39 is 0 Å². The second-order valence-corrected chi connectivity index (χ2v) is 2.40. The molecule has 0 atom stereocenters. The average Bonchev–Trinajstić information content (AvgIpc) is 2.94. The van der Waals surface area contributed by atoms with Crippen LogP contribution < -0.4 is 0 Å². The number of hydrogen-bond donors (Lipinski definition) is 0. The molecule has 0 N–H and O–H groups in total. The number of rotatable bonds is 0. The van der Waals surface area contributed by atoms with Gasteiger partial charge in [0.05, 0.1) is 0 Å².